The van der Waals surface area contributed by atoms with Crippen LogP contribution in [0.5, 0.6) is 5.75 Å². The van der Waals surface area contributed by atoms with Crippen LogP contribution in [0.25, 0.3) is 21.9 Å². The van der Waals surface area contributed by atoms with Gasteiger partial charge in [-0.25, -0.2) is 4.68 Å². The summed E-state index contributed by atoms with van der Waals surface area (Å²) in [7, 11) is 0. The molecule has 1 aliphatic carbocycles. The molecule has 2 heterocycles. The molecule has 2 aromatic carbocycles. The van der Waals surface area contributed by atoms with Gasteiger partial charge in [-0.1, -0.05) is 30.3 Å². The Morgan fingerprint density at radius 3 is 2.50 bits per heavy atom. The second-order valence-corrected chi connectivity index (χ2v) is 7.80. The molecule has 1 aliphatic rings. The van der Waals surface area contributed by atoms with Gasteiger partial charge < -0.3 is 4.74 Å². The minimum atomic E-state index is -4.74. The second-order valence-electron chi connectivity index (χ2n) is 7.80. The topological polar surface area (TPSA) is 57.0 Å². The lowest BCUT2D eigenvalue weighted by atomic mass is 10.0. The summed E-state index contributed by atoms with van der Waals surface area (Å²) in [6.45, 7) is 0.335. The first-order valence-electron chi connectivity index (χ1n) is 10.2. The Kier molecular flexibility index (Phi) is 4.92. The minimum absolute atomic E-state index is 0.230. The quantitative estimate of drug-likeness (QED) is 0.426. The number of hydrogen-bond donors (Lipinski definition) is 0. The van der Waals surface area contributed by atoms with Gasteiger partial charge in [-0.2, -0.15) is 5.10 Å². The van der Waals surface area contributed by atoms with Crippen molar-refractivity contribution in [3.8, 4) is 16.9 Å². The van der Waals surface area contributed by atoms with Gasteiger partial charge >= 0.3 is 6.36 Å². The molecule has 5 rings (SSSR count). The predicted octanol–water partition coefficient (Wildman–Crippen LogP) is 5.28. The lowest BCUT2D eigenvalue weighted by molar-refractivity contribution is -0.274. The SMILES string of the molecule is O=c1c2cc(-c3ccc(OC(F)(F)F)cc3)ccc2cnn1Cc1cccnc1C1CC1. The number of nitrogens with zero attached hydrogens (tertiary/aromatic N) is 3. The van der Waals surface area contributed by atoms with E-state index in [9.17, 15) is 18.0 Å². The number of hydrogen-bond acceptors (Lipinski definition) is 4. The zero-order valence-corrected chi connectivity index (χ0v) is 16.8. The fraction of sp³-hybridized carbons (Fsp3) is 0.208. The smallest absolute Gasteiger partial charge is 0.406 e. The van der Waals surface area contributed by atoms with E-state index in [1.807, 2.05) is 12.1 Å². The lowest BCUT2D eigenvalue weighted by Gasteiger charge is -2.11. The summed E-state index contributed by atoms with van der Waals surface area (Å²) in [6.07, 6.45) is 0.898. The Labute approximate surface area is 181 Å². The summed E-state index contributed by atoms with van der Waals surface area (Å²) in [6, 6.07) is 14.7. The Morgan fingerprint density at radius 1 is 1.03 bits per heavy atom. The van der Waals surface area contributed by atoms with Gasteiger partial charge in [0.15, 0.2) is 0 Å². The predicted molar refractivity (Wildman–Crippen MR) is 113 cm³/mol. The van der Waals surface area contributed by atoms with Crippen LogP contribution in [-0.4, -0.2) is 21.1 Å². The van der Waals surface area contributed by atoms with Crippen molar-refractivity contribution in [3.05, 3.63) is 88.6 Å². The molecule has 0 atom stereocenters. The number of fused-ring (bicyclic) bond motifs is 1. The van der Waals surface area contributed by atoms with Gasteiger partial charge in [-0.3, -0.25) is 9.78 Å². The standard InChI is InChI=1S/C24H18F3N3O2/c25-24(26,27)32-20-9-7-15(8-10-20)17-5-6-18-13-29-30(23(31)21(18)12-17)14-19-2-1-11-28-22(19)16-3-4-16/h1-2,5-13,16H,3-4,14H2. The molecule has 2 aromatic heterocycles. The highest BCUT2D eigenvalue weighted by atomic mass is 19.4. The van der Waals surface area contributed by atoms with Gasteiger partial charge in [0.1, 0.15) is 5.75 Å². The average molecular weight is 437 g/mol. The van der Waals surface area contributed by atoms with Crippen LogP contribution >= 0.6 is 0 Å². The zero-order chi connectivity index (χ0) is 22.3. The number of rotatable bonds is 5. The van der Waals surface area contributed by atoms with E-state index in [-0.39, 0.29) is 11.3 Å². The molecule has 4 aromatic rings. The molecule has 1 fully saturated rings. The first-order valence-corrected chi connectivity index (χ1v) is 10.2. The molecule has 0 aliphatic heterocycles. The van der Waals surface area contributed by atoms with Crippen LogP contribution in [0.3, 0.4) is 0 Å². The van der Waals surface area contributed by atoms with E-state index in [1.165, 1.54) is 28.9 Å². The molecule has 0 spiro atoms. The van der Waals surface area contributed by atoms with Crippen molar-refractivity contribution in [3.63, 3.8) is 0 Å². The molecular weight excluding hydrogens is 419 g/mol. The normalized spacial score (nSPS) is 14.0. The summed E-state index contributed by atoms with van der Waals surface area (Å²) in [5.74, 6) is 0.162. The van der Waals surface area contributed by atoms with E-state index in [4.69, 9.17) is 0 Å². The third-order valence-corrected chi connectivity index (χ3v) is 5.49. The van der Waals surface area contributed by atoms with Gasteiger partial charge in [0.2, 0.25) is 0 Å². The summed E-state index contributed by atoms with van der Waals surface area (Å²) in [4.78, 5) is 17.6. The number of ether oxygens (including phenoxy) is 1. The molecule has 0 N–H and O–H groups in total. The fourth-order valence-corrected chi connectivity index (χ4v) is 3.79. The third kappa shape index (κ3) is 4.21. The largest absolute Gasteiger partial charge is 0.573 e. The van der Waals surface area contributed by atoms with Gasteiger partial charge in [0.05, 0.1) is 18.1 Å². The highest BCUT2D eigenvalue weighted by Gasteiger charge is 2.31. The van der Waals surface area contributed by atoms with E-state index in [2.05, 4.69) is 14.8 Å². The molecule has 0 unspecified atom stereocenters. The first-order chi connectivity index (χ1) is 15.4. The minimum Gasteiger partial charge on any atom is -0.406 e. The summed E-state index contributed by atoms with van der Waals surface area (Å²) in [5, 5.41) is 5.51. The fourth-order valence-electron chi connectivity index (χ4n) is 3.79. The molecular formula is C24H18F3N3O2. The third-order valence-electron chi connectivity index (χ3n) is 5.49. The molecule has 0 amide bonds. The summed E-state index contributed by atoms with van der Waals surface area (Å²) >= 11 is 0. The van der Waals surface area contributed by atoms with Crippen molar-refractivity contribution in [2.45, 2.75) is 31.7 Å². The van der Waals surface area contributed by atoms with Crippen LogP contribution in [0.4, 0.5) is 13.2 Å². The maximum atomic E-state index is 13.2. The van der Waals surface area contributed by atoms with E-state index in [0.29, 0.717) is 34.4 Å². The Hall–Kier alpha value is -3.68. The van der Waals surface area contributed by atoms with Crippen LogP contribution < -0.4 is 10.3 Å². The molecule has 0 radical (unpaired) electrons. The summed E-state index contributed by atoms with van der Waals surface area (Å²) < 4.78 is 42.5. The Bertz CT molecular complexity index is 1340. The van der Waals surface area contributed by atoms with Gasteiger partial charge in [0.25, 0.3) is 5.56 Å². The van der Waals surface area contributed by atoms with Crippen LogP contribution in [0, 0.1) is 0 Å². The molecule has 8 heteroatoms. The highest BCUT2D eigenvalue weighted by molar-refractivity contribution is 5.86. The Balaban J connectivity index is 1.48. The number of benzene rings is 2. The second kappa shape index (κ2) is 7.78. The van der Waals surface area contributed by atoms with Gasteiger partial charge in [-0.05, 0) is 53.8 Å². The van der Waals surface area contributed by atoms with Crippen LogP contribution in [0.15, 0.2) is 71.8 Å². The summed E-state index contributed by atoms with van der Waals surface area (Å²) in [5.41, 5.74) is 3.17. The average Bonchev–Trinajstić information content (AvgIpc) is 3.61. The van der Waals surface area contributed by atoms with Crippen molar-refractivity contribution in [2.24, 2.45) is 0 Å². The van der Waals surface area contributed by atoms with E-state index in [1.54, 1.807) is 30.6 Å². The number of aromatic nitrogens is 3. The van der Waals surface area contributed by atoms with E-state index >= 15 is 0 Å². The first kappa shape index (κ1) is 20.2. The molecule has 1 saturated carbocycles. The van der Waals surface area contributed by atoms with Crippen molar-refractivity contribution >= 4 is 10.8 Å². The molecule has 0 bridgehead atoms. The monoisotopic (exact) mass is 437 g/mol. The number of pyridine rings is 1. The van der Waals surface area contributed by atoms with Crippen molar-refractivity contribution in [2.75, 3.05) is 0 Å². The lowest BCUT2D eigenvalue weighted by Crippen LogP contribution is -2.24. The van der Waals surface area contributed by atoms with Crippen LogP contribution in [0.2, 0.25) is 0 Å². The number of alkyl halides is 3. The maximum absolute atomic E-state index is 13.2. The van der Waals surface area contributed by atoms with Gasteiger partial charge in [-0.15, -0.1) is 13.2 Å². The molecule has 162 valence electrons. The molecule has 32 heavy (non-hydrogen) atoms. The number of halogens is 3. The van der Waals surface area contributed by atoms with Gasteiger partial charge in [0, 0.05) is 23.2 Å². The van der Waals surface area contributed by atoms with Crippen molar-refractivity contribution < 1.29 is 17.9 Å². The highest BCUT2D eigenvalue weighted by Crippen LogP contribution is 2.40. The molecule has 5 nitrogen and oxygen atoms in total. The zero-order valence-electron chi connectivity index (χ0n) is 16.8. The van der Waals surface area contributed by atoms with Crippen molar-refractivity contribution in [1.29, 1.82) is 0 Å². The van der Waals surface area contributed by atoms with Crippen LogP contribution in [0.1, 0.15) is 30.0 Å². The van der Waals surface area contributed by atoms with Crippen molar-refractivity contribution in [1.82, 2.24) is 14.8 Å². The van der Waals surface area contributed by atoms with Crippen LogP contribution in [-0.2, 0) is 6.54 Å². The van der Waals surface area contributed by atoms with E-state index < -0.39 is 6.36 Å². The Morgan fingerprint density at radius 2 is 1.78 bits per heavy atom. The van der Waals surface area contributed by atoms with E-state index in [0.717, 1.165) is 24.1 Å². The maximum Gasteiger partial charge on any atom is 0.573 e. The molecule has 0 saturated heterocycles.